The van der Waals surface area contributed by atoms with E-state index in [1.165, 1.54) is 0 Å². The Hall–Kier alpha value is -2.14. The van der Waals surface area contributed by atoms with Crippen molar-refractivity contribution in [1.29, 1.82) is 0 Å². The Kier molecular flexibility index (Phi) is 6.37. The molecule has 0 aromatic heterocycles. The van der Waals surface area contributed by atoms with Gasteiger partial charge in [0.2, 0.25) is 5.91 Å². The highest BCUT2D eigenvalue weighted by Crippen LogP contribution is 2.21. The topological polar surface area (TPSA) is 63.2 Å². The van der Waals surface area contributed by atoms with E-state index in [-0.39, 0.29) is 34.9 Å². The molecule has 1 atom stereocenters. The zero-order valence-electron chi connectivity index (χ0n) is 14.9. The summed E-state index contributed by atoms with van der Waals surface area (Å²) >= 11 is 0. The van der Waals surface area contributed by atoms with Crippen LogP contribution in [-0.2, 0) is 14.6 Å². The second-order valence-electron chi connectivity index (χ2n) is 6.58. The number of benzene rings is 2. The fraction of sp³-hybridized carbons (Fsp3) is 0.350. The highest BCUT2D eigenvalue weighted by Gasteiger charge is 2.20. The van der Waals surface area contributed by atoms with Crippen molar-refractivity contribution in [2.75, 3.05) is 5.75 Å². The number of carbonyl (C=O) groups is 1. The molecule has 2 aromatic carbocycles. The summed E-state index contributed by atoms with van der Waals surface area (Å²) in [6.07, 6.45) is -0.0493. The molecule has 0 fully saturated rings. The molecule has 4 nitrogen and oxygen atoms in total. The summed E-state index contributed by atoms with van der Waals surface area (Å²) in [5.74, 6) is -0.236. The largest absolute Gasteiger partial charge is 0.349 e. The van der Waals surface area contributed by atoms with Gasteiger partial charge < -0.3 is 5.32 Å². The van der Waals surface area contributed by atoms with Crippen LogP contribution in [0.1, 0.15) is 37.4 Å². The van der Waals surface area contributed by atoms with Crippen LogP contribution in [0.15, 0.2) is 59.5 Å². The Morgan fingerprint density at radius 1 is 1.00 bits per heavy atom. The molecule has 0 saturated carbocycles. The molecule has 0 aliphatic carbocycles. The highest BCUT2D eigenvalue weighted by molar-refractivity contribution is 7.91. The van der Waals surface area contributed by atoms with E-state index < -0.39 is 9.84 Å². The average Bonchev–Trinajstić information content (AvgIpc) is 2.59. The van der Waals surface area contributed by atoms with Crippen molar-refractivity contribution < 1.29 is 13.2 Å². The third-order valence-corrected chi connectivity index (χ3v) is 5.85. The molecule has 5 heteroatoms. The normalized spacial score (nSPS) is 12.8. The van der Waals surface area contributed by atoms with Crippen LogP contribution < -0.4 is 5.32 Å². The summed E-state index contributed by atoms with van der Waals surface area (Å²) in [5, 5.41) is 2.96. The van der Waals surface area contributed by atoms with Gasteiger partial charge in [-0.15, -0.1) is 0 Å². The van der Waals surface area contributed by atoms with Gasteiger partial charge >= 0.3 is 0 Å². The van der Waals surface area contributed by atoms with Gasteiger partial charge in [-0.1, -0.05) is 61.9 Å². The summed E-state index contributed by atoms with van der Waals surface area (Å²) in [7, 11) is -3.45. The van der Waals surface area contributed by atoms with Crippen LogP contribution in [0.4, 0.5) is 0 Å². The zero-order chi connectivity index (χ0) is 18.4. The smallest absolute Gasteiger partial charge is 0.221 e. The van der Waals surface area contributed by atoms with Crippen molar-refractivity contribution in [3.63, 3.8) is 0 Å². The standard InChI is InChI=1S/C20H25NO3S/c1-15(2)20(17-7-5-4-6-8-17)21-19(22)13-14-25(23,24)18-11-9-16(3)10-12-18/h4-12,15,20H,13-14H2,1-3H3,(H,21,22). The Morgan fingerprint density at radius 3 is 2.16 bits per heavy atom. The number of aryl methyl sites for hydroxylation is 1. The first kappa shape index (κ1) is 19.2. The lowest BCUT2D eigenvalue weighted by atomic mass is 9.96. The second kappa shape index (κ2) is 8.30. The molecule has 134 valence electrons. The maximum absolute atomic E-state index is 12.4. The Labute approximate surface area is 150 Å². The number of rotatable bonds is 7. The fourth-order valence-electron chi connectivity index (χ4n) is 2.63. The molecule has 0 spiro atoms. The SMILES string of the molecule is Cc1ccc(S(=O)(=O)CCC(=O)NC(c2ccccc2)C(C)C)cc1. The molecule has 0 saturated heterocycles. The molecule has 1 unspecified atom stereocenters. The van der Waals surface area contributed by atoms with Crippen molar-refractivity contribution >= 4 is 15.7 Å². The van der Waals surface area contributed by atoms with Crippen molar-refractivity contribution in [3.8, 4) is 0 Å². The molecule has 0 aliphatic heterocycles. The van der Waals surface area contributed by atoms with E-state index in [4.69, 9.17) is 0 Å². The monoisotopic (exact) mass is 359 g/mol. The predicted molar refractivity (Wildman–Crippen MR) is 100 cm³/mol. The molecule has 0 bridgehead atoms. The van der Waals surface area contributed by atoms with Crippen LogP contribution in [-0.4, -0.2) is 20.1 Å². The molecular formula is C20H25NO3S. The van der Waals surface area contributed by atoms with Gasteiger partial charge in [-0.25, -0.2) is 8.42 Å². The predicted octanol–water partition coefficient (Wildman–Crippen LogP) is 3.67. The second-order valence-corrected chi connectivity index (χ2v) is 8.69. The van der Waals surface area contributed by atoms with Crippen LogP contribution >= 0.6 is 0 Å². The van der Waals surface area contributed by atoms with E-state index in [0.29, 0.717) is 0 Å². The summed E-state index contributed by atoms with van der Waals surface area (Å²) in [5.41, 5.74) is 2.02. The number of nitrogens with one attached hydrogen (secondary N) is 1. The quantitative estimate of drug-likeness (QED) is 0.820. The van der Waals surface area contributed by atoms with Gasteiger partial charge in [0.25, 0.3) is 0 Å². The van der Waals surface area contributed by atoms with Crippen LogP contribution in [0.2, 0.25) is 0 Å². The first-order valence-corrected chi connectivity index (χ1v) is 10.1. The summed E-state index contributed by atoms with van der Waals surface area (Å²) in [4.78, 5) is 12.5. The van der Waals surface area contributed by atoms with Crippen molar-refractivity contribution in [3.05, 3.63) is 65.7 Å². The number of carbonyl (C=O) groups excluding carboxylic acids is 1. The van der Waals surface area contributed by atoms with Crippen molar-refractivity contribution in [1.82, 2.24) is 5.32 Å². The zero-order valence-corrected chi connectivity index (χ0v) is 15.7. The minimum atomic E-state index is -3.45. The summed E-state index contributed by atoms with van der Waals surface area (Å²) in [6.45, 7) is 5.96. The number of amides is 1. The lowest BCUT2D eigenvalue weighted by Gasteiger charge is -2.23. The average molecular weight is 359 g/mol. The molecule has 2 aromatic rings. The van der Waals surface area contributed by atoms with E-state index >= 15 is 0 Å². The first-order chi connectivity index (χ1) is 11.8. The highest BCUT2D eigenvalue weighted by atomic mass is 32.2. The van der Waals surface area contributed by atoms with Crippen LogP contribution in [0.5, 0.6) is 0 Å². The van der Waals surface area contributed by atoms with Gasteiger partial charge in [-0.2, -0.15) is 0 Å². The summed E-state index contributed by atoms with van der Waals surface area (Å²) < 4.78 is 24.7. The van der Waals surface area contributed by atoms with Gasteiger partial charge in [-0.05, 0) is 30.5 Å². The third-order valence-electron chi connectivity index (χ3n) is 4.12. The fourth-order valence-corrected chi connectivity index (χ4v) is 3.87. The Morgan fingerprint density at radius 2 is 1.60 bits per heavy atom. The lowest BCUT2D eigenvalue weighted by molar-refractivity contribution is -0.121. The molecule has 0 heterocycles. The van der Waals surface area contributed by atoms with Gasteiger partial charge in [0, 0.05) is 6.42 Å². The Balaban J connectivity index is 2.00. The van der Waals surface area contributed by atoms with E-state index in [0.717, 1.165) is 11.1 Å². The number of sulfone groups is 1. The molecule has 25 heavy (non-hydrogen) atoms. The van der Waals surface area contributed by atoms with Crippen LogP contribution in [0.25, 0.3) is 0 Å². The maximum atomic E-state index is 12.4. The first-order valence-electron chi connectivity index (χ1n) is 8.43. The molecular weight excluding hydrogens is 334 g/mol. The van der Waals surface area contributed by atoms with Gasteiger partial charge in [0.05, 0.1) is 16.7 Å². The lowest BCUT2D eigenvalue weighted by Crippen LogP contribution is -2.32. The van der Waals surface area contributed by atoms with Gasteiger partial charge in [-0.3, -0.25) is 4.79 Å². The summed E-state index contributed by atoms with van der Waals surface area (Å²) in [6, 6.07) is 16.3. The van der Waals surface area contributed by atoms with Crippen LogP contribution in [0, 0.1) is 12.8 Å². The van der Waals surface area contributed by atoms with Crippen molar-refractivity contribution in [2.45, 2.75) is 38.1 Å². The molecule has 2 rings (SSSR count). The van der Waals surface area contributed by atoms with Crippen LogP contribution in [0.3, 0.4) is 0 Å². The number of hydrogen-bond acceptors (Lipinski definition) is 3. The van der Waals surface area contributed by atoms with E-state index in [9.17, 15) is 13.2 Å². The maximum Gasteiger partial charge on any atom is 0.221 e. The number of hydrogen-bond donors (Lipinski definition) is 1. The van der Waals surface area contributed by atoms with Gasteiger partial charge in [0.15, 0.2) is 9.84 Å². The minimum absolute atomic E-state index is 0.0493. The molecule has 1 N–H and O–H groups in total. The van der Waals surface area contributed by atoms with Gasteiger partial charge in [0.1, 0.15) is 0 Å². The molecule has 0 aliphatic rings. The third kappa shape index (κ3) is 5.43. The van der Waals surface area contributed by atoms with Crippen molar-refractivity contribution in [2.24, 2.45) is 5.92 Å². The minimum Gasteiger partial charge on any atom is -0.349 e. The molecule has 1 amide bonds. The van der Waals surface area contributed by atoms with E-state index in [1.807, 2.05) is 51.1 Å². The van der Waals surface area contributed by atoms with E-state index in [1.54, 1.807) is 24.3 Å². The molecule has 0 radical (unpaired) electrons. The Bertz CT molecular complexity index is 797. The van der Waals surface area contributed by atoms with E-state index in [2.05, 4.69) is 5.32 Å².